The Balaban J connectivity index is 1.88. The fraction of sp³-hybridized carbons (Fsp3) is 0. The lowest BCUT2D eigenvalue weighted by Crippen LogP contribution is -2.11. The minimum Gasteiger partial charge on any atom is -0.508 e. The van der Waals surface area contributed by atoms with Gasteiger partial charge in [0.15, 0.2) is 5.13 Å². The number of carbonyl (C=O) groups is 1. The topological polar surface area (TPSA) is 103 Å². The van der Waals surface area contributed by atoms with E-state index in [9.17, 15) is 20.1 Å². The van der Waals surface area contributed by atoms with Crippen molar-refractivity contribution in [3.05, 3.63) is 42.0 Å². The minimum absolute atomic E-state index is 0.120. The fourth-order valence-electron chi connectivity index (χ4n) is 1.86. The summed E-state index contributed by atoms with van der Waals surface area (Å²) in [6.07, 6.45) is 0. The standard InChI is InChI=1S/C14H10N2O4S/c17-8-1-2-11-12(6-8)21-14(15-11)16-13(20)7-3-9(18)5-10(19)4-7/h1-6,17-19H,(H,15,16,20). The van der Waals surface area contributed by atoms with E-state index in [0.717, 1.165) is 10.8 Å². The molecule has 0 fully saturated rings. The Morgan fingerprint density at radius 3 is 2.43 bits per heavy atom. The summed E-state index contributed by atoms with van der Waals surface area (Å²) in [6, 6.07) is 8.35. The van der Waals surface area contributed by atoms with Crippen LogP contribution in [0.3, 0.4) is 0 Å². The summed E-state index contributed by atoms with van der Waals surface area (Å²) in [5, 5.41) is 31.1. The molecule has 0 saturated heterocycles. The van der Waals surface area contributed by atoms with Gasteiger partial charge in [-0.15, -0.1) is 0 Å². The maximum Gasteiger partial charge on any atom is 0.257 e. The van der Waals surface area contributed by atoms with Crippen LogP contribution >= 0.6 is 11.3 Å². The molecule has 7 heteroatoms. The second kappa shape index (κ2) is 4.95. The van der Waals surface area contributed by atoms with Crippen molar-refractivity contribution in [1.82, 2.24) is 4.98 Å². The first kappa shape index (κ1) is 13.2. The highest BCUT2D eigenvalue weighted by molar-refractivity contribution is 7.22. The molecule has 1 amide bonds. The molecule has 1 aromatic heterocycles. The van der Waals surface area contributed by atoms with Crippen LogP contribution < -0.4 is 5.32 Å². The molecule has 0 atom stereocenters. The van der Waals surface area contributed by atoms with Crippen molar-refractivity contribution >= 4 is 32.6 Å². The van der Waals surface area contributed by atoms with Crippen LogP contribution in [0.2, 0.25) is 0 Å². The number of benzene rings is 2. The molecule has 0 aliphatic rings. The maximum absolute atomic E-state index is 12.0. The molecule has 21 heavy (non-hydrogen) atoms. The fourth-order valence-corrected chi connectivity index (χ4v) is 2.76. The largest absolute Gasteiger partial charge is 0.508 e. The first-order valence-corrected chi connectivity index (χ1v) is 6.77. The lowest BCUT2D eigenvalue weighted by molar-refractivity contribution is 0.102. The van der Waals surface area contributed by atoms with E-state index in [2.05, 4.69) is 10.3 Å². The number of phenolic OH excluding ortho intramolecular Hbond substituents is 3. The number of nitrogens with one attached hydrogen (secondary N) is 1. The molecule has 2 aromatic carbocycles. The van der Waals surface area contributed by atoms with E-state index >= 15 is 0 Å². The first-order chi connectivity index (χ1) is 10.0. The Hall–Kier alpha value is -2.80. The van der Waals surface area contributed by atoms with Crippen molar-refractivity contribution in [2.45, 2.75) is 0 Å². The normalized spacial score (nSPS) is 10.7. The number of hydrogen-bond donors (Lipinski definition) is 4. The molecule has 1 heterocycles. The van der Waals surface area contributed by atoms with Gasteiger partial charge in [0.05, 0.1) is 10.2 Å². The van der Waals surface area contributed by atoms with Gasteiger partial charge in [-0.1, -0.05) is 11.3 Å². The molecule has 0 aliphatic heterocycles. The number of thiazole rings is 1. The van der Waals surface area contributed by atoms with Gasteiger partial charge >= 0.3 is 0 Å². The van der Waals surface area contributed by atoms with Gasteiger partial charge in [-0.25, -0.2) is 4.98 Å². The summed E-state index contributed by atoms with van der Waals surface area (Å²) in [6.45, 7) is 0. The number of anilines is 1. The lowest BCUT2D eigenvalue weighted by Gasteiger charge is -2.03. The van der Waals surface area contributed by atoms with Gasteiger partial charge in [0.25, 0.3) is 5.91 Å². The average molecular weight is 302 g/mol. The summed E-state index contributed by atoms with van der Waals surface area (Å²) in [4.78, 5) is 16.3. The number of phenols is 3. The molecule has 106 valence electrons. The number of amides is 1. The van der Waals surface area contributed by atoms with Crippen molar-refractivity contribution in [2.24, 2.45) is 0 Å². The highest BCUT2D eigenvalue weighted by Crippen LogP contribution is 2.29. The molecule has 0 radical (unpaired) electrons. The number of carbonyl (C=O) groups excluding carboxylic acids is 1. The zero-order valence-electron chi connectivity index (χ0n) is 10.6. The Bertz CT molecular complexity index is 824. The SMILES string of the molecule is O=C(Nc1nc2ccc(O)cc2s1)c1cc(O)cc(O)c1. The predicted octanol–water partition coefficient (Wildman–Crippen LogP) is 2.67. The summed E-state index contributed by atoms with van der Waals surface area (Å²) < 4.78 is 0.740. The highest BCUT2D eigenvalue weighted by atomic mass is 32.1. The van der Waals surface area contributed by atoms with Crippen LogP contribution in [0.4, 0.5) is 5.13 Å². The van der Waals surface area contributed by atoms with E-state index in [1.54, 1.807) is 12.1 Å². The monoisotopic (exact) mass is 302 g/mol. The van der Waals surface area contributed by atoms with Crippen LogP contribution in [0.1, 0.15) is 10.4 Å². The third kappa shape index (κ3) is 2.72. The van der Waals surface area contributed by atoms with Gasteiger partial charge in [0.2, 0.25) is 0 Å². The predicted molar refractivity (Wildman–Crippen MR) is 79.0 cm³/mol. The summed E-state index contributed by atoms with van der Waals surface area (Å²) in [7, 11) is 0. The summed E-state index contributed by atoms with van der Waals surface area (Å²) in [5.74, 6) is -0.768. The second-order valence-electron chi connectivity index (χ2n) is 4.36. The van der Waals surface area contributed by atoms with Crippen molar-refractivity contribution in [3.63, 3.8) is 0 Å². The van der Waals surface area contributed by atoms with Crippen molar-refractivity contribution in [3.8, 4) is 17.2 Å². The van der Waals surface area contributed by atoms with Gasteiger partial charge in [-0.2, -0.15) is 0 Å². The Morgan fingerprint density at radius 2 is 1.71 bits per heavy atom. The zero-order chi connectivity index (χ0) is 15.0. The first-order valence-electron chi connectivity index (χ1n) is 5.95. The number of fused-ring (bicyclic) bond motifs is 1. The molecule has 0 bridgehead atoms. The van der Waals surface area contributed by atoms with E-state index in [-0.39, 0.29) is 22.8 Å². The molecule has 6 nitrogen and oxygen atoms in total. The van der Waals surface area contributed by atoms with E-state index in [1.165, 1.54) is 29.5 Å². The van der Waals surface area contributed by atoms with Gasteiger partial charge in [0, 0.05) is 11.6 Å². The third-order valence-electron chi connectivity index (χ3n) is 2.76. The number of rotatable bonds is 2. The molecule has 0 unspecified atom stereocenters. The van der Waals surface area contributed by atoms with E-state index in [1.807, 2.05) is 0 Å². The summed E-state index contributed by atoms with van der Waals surface area (Å²) >= 11 is 1.21. The van der Waals surface area contributed by atoms with Gasteiger partial charge in [0.1, 0.15) is 17.2 Å². The maximum atomic E-state index is 12.0. The Kier molecular flexibility index (Phi) is 3.11. The van der Waals surface area contributed by atoms with Gasteiger partial charge in [-0.3, -0.25) is 10.1 Å². The van der Waals surface area contributed by atoms with Crippen LogP contribution in [0.25, 0.3) is 10.2 Å². The molecule has 0 spiro atoms. The van der Waals surface area contributed by atoms with Crippen LogP contribution in [-0.2, 0) is 0 Å². The van der Waals surface area contributed by atoms with Crippen molar-refractivity contribution in [2.75, 3.05) is 5.32 Å². The lowest BCUT2D eigenvalue weighted by atomic mass is 10.2. The van der Waals surface area contributed by atoms with Crippen LogP contribution in [-0.4, -0.2) is 26.2 Å². The number of hydrogen-bond acceptors (Lipinski definition) is 6. The third-order valence-corrected chi connectivity index (χ3v) is 3.69. The number of aromatic nitrogens is 1. The second-order valence-corrected chi connectivity index (χ2v) is 5.39. The highest BCUT2D eigenvalue weighted by Gasteiger charge is 2.12. The van der Waals surface area contributed by atoms with E-state index in [4.69, 9.17) is 0 Å². The van der Waals surface area contributed by atoms with E-state index < -0.39 is 5.91 Å². The van der Waals surface area contributed by atoms with Gasteiger partial charge < -0.3 is 15.3 Å². The van der Waals surface area contributed by atoms with Crippen LogP contribution in [0, 0.1) is 0 Å². The molecule has 0 aliphatic carbocycles. The van der Waals surface area contributed by atoms with E-state index in [0.29, 0.717) is 10.6 Å². The van der Waals surface area contributed by atoms with Crippen LogP contribution in [0.15, 0.2) is 36.4 Å². The minimum atomic E-state index is -0.496. The molecule has 3 rings (SSSR count). The quantitative estimate of drug-likeness (QED) is 0.583. The number of nitrogens with zero attached hydrogens (tertiary/aromatic N) is 1. The molecule has 3 aromatic rings. The molecule has 4 N–H and O–H groups in total. The molecular weight excluding hydrogens is 292 g/mol. The smallest absolute Gasteiger partial charge is 0.257 e. The zero-order valence-corrected chi connectivity index (χ0v) is 11.4. The molecular formula is C14H10N2O4S. The number of aromatic hydroxyl groups is 3. The molecule has 0 saturated carbocycles. The van der Waals surface area contributed by atoms with Crippen molar-refractivity contribution < 1.29 is 20.1 Å². The van der Waals surface area contributed by atoms with Crippen LogP contribution in [0.5, 0.6) is 17.2 Å². The van der Waals surface area contributed by atoms with Gasteiger partial charge in [-0.05, 0) is 30.3 Å². The average Bonchev–Trinajstić information content (AvgIpc) is 2.78. The van der Waals surface area contributed by atoms with Crippen molar-refractivity contribution in [1.29, 1.82) is 0 Å². The Labute approximate surface area is 122 Å². The summed E-state index contributed by atoms with van der Waals surface area (Å²) in [5.41, 5.74) is 0.779. The Morgan fingerprint density at radius 1 is 1.00 bits per heavy atom.